The van der Waals surface area contributed by atoms with Crippen molar-refractivity contribution in [2.24, 2.45) is 5.92 Å². The van der Waals surface area contributed by atoms with Crippen LogP contribution in [-0.2, 0) is 4.74 Å². The van der Waals surface area contributed by atoms with E-state index < -0.39 is 5.60 Å². The fourth-order valence-electron chi connectivity index (χ4n) is 3.17. The van der Waals surface area contributed by atoms with Crippen LogP contribution in [0.2, 0.25) is 0 Å². The molecule has 1 rings (SSSR count). The fourth-order valence-corrected chi connectivity index (χ4v) is 3.17. The highest BCUT2D eigenvalue weighted by atomic mass is 16.6. The van der Waals surface area contributed by atoms with E-state index >= 15 is 0 Å². The molecule has 136 valence electrons. The summed E-state index contributed by atoms with van der Waals surface area (Å²) in [7, 11) is 0. The molecule has 1 fully saturated rings. The Hall–Kier alpha value is -0.770. The highest BCUT2D eigenvalue weighted by molar-refractivity contribution is 5.68. The Balaban J connectivity index is 2.56. The lowest BCUT2D eigenvalue weighted by molar-refractivity contribution is 0.0488. The zero-order chi connectivity index (χ0) is 17.5. The Morgan fingerprint density at radius 1 is 1.04 bits per heavy atom. The molecule has 3 atom stereocenters. The number of rotatable bonds is 6. The van der Waals surface area contributed by atoms with Gasteiger partial charge in [0, 0.05) is 18.1 Å². The third kappa shape index (κ3) is 9.19. The summed E-state index contributed by atoms with van der Waals surface area (Å²) >= 11 is 0. The summed E-state index contributed by atoms with van der Waals surface area (Å²) in [5.41, 5.74) is -0.442. The Labute approximate surface area is 143 Å². The normalized spacial score (nSPS) is 24.1. The molecule has 1 aliphatic rings. The highest BCUT2D eigenvalue weighted by Crippen LogP contribution is 2.20. The number of carbonyl (C=O) groups is 1. The molecule has 0 spiro atoms. The van der Waals surface area contributed by atoms with Crippen LogP contribution in [0.4, 0.5) is 4.79 Å². The summed E-state index contributed by atoms with van der Waals surface area (Å²) in [4.78, 5) is 12.1. The number of alkyl carbamates (subject to hydrolysis) is 1. The summed E-state index contributed by atoms with van der Waals surface area (Å²) in [5.74, 6) is 0.740. The van der Waals surface area contributed by atoms with Gasteiger partial charge in [0.15, 0.2) is 0 Å². The smallest absolute Gasteiger partial charge is 0.407 e. The first-order valence-corrected chi connectivity index (χ1v) is 9.43. The fraction of sp³-hybridized carbons (Fsp3) is 0.947. The van der Waals surface area contributed by atoms with Gasteiger partial charge in [-0.1, -0.05) is 33.1 Å². The van der Waals surface area contributed by atoms with Crippen molar-refractivity contribution in [1.82, 2.24) is 10.6 Å². The molecule has 0 aromatic carbocycles. The number of hydrogen-bond acceptors (Lipinski definition) is 3. The quantitative estimate of drug-likeness (QED) is 0.700. The zero-order valence-corrected chi connectivity index (χ0v) is 16.1. The van der Waals surface area contributed by atoms with Crippen molar-refractivity contribution in [2.45, 2.75) is 110 Å². The monoisotopic (exact) mass is 326 g/mol. The molecule has 3 unspecified atom stereocenters. The van der Waals surface area contributed by atoms with Crippen LogP contribution in [0.5, 0.6) is 0 Å². The van der Waals surface area contributed by atoms with Crippen LogP contribution in [0.25, 0.3) is 0 Å². The van der Waals surface area contributed by atoms with E-state index in [-0.39, 0.29) is 12.1 Å². The lowest BCUT2D eigenvalue weighted by Gasteiger charge is -2.31. The van der Waals surface area contributed by atoms with Crippen molar-refractivity contribution in [2.75, 3.05) is 0 Å². The van der Waals surface area contributed by atoms with Crippen molar-refractivity contribution < 1.29 is 9.53 Å². The molecule has 1 amide bonds. The Kier molecular flexibility index (Phi) is 8.38. The van der Waals surface area contributed by atoms with Gasteiger partial charge in [-0.05, 0) is 59.3 Å². The van der Waals surface area contributed by atoms with Gasteiger partial charge < -0.3 is 15.4 Å². The Bertz CT molecular complexity index is 350. The number of amides is 1. The van der Waals surface area contributed by atoms with Gasteiger partial charge in [-0.25, -0.2) is 4.79 Å². The molecule has 4 heteroatoms. The zero-order valence-electron chi connectivity index (χ0n) is 16.1. The maximum absolute atomic E-state index is 12.1. The second kappa shape index (κ2) is 9.51. The Morgan fingerprint density at radius 3 is 2.22 bits per heavy atom. The molecule has 0 radical (unpaired) electrons. The topological polar surface area (TPSA) is 50.4 Å². The van der Waals surface area contributed by atoms with Gasteiger partial charge in [-0.3, -0.25) is 0 Å². The molecule has 0 heterocycles. The summed E-state index contributed by atoms with van der Waals surface area (Å²) in [6.07, 6.45) is 7.98. The van der Waals surface area contributed by atoms with E-state index in [0.717, 1.165) is 18.8 Å². The van der Waals surface area contributed by atoms with Crippen LogP contribution in [-0.4, -0.2) is 29.8 Å². The van der Waals surface area contributed by atoms with Gasteiger partial charge in [0.25, 0.3) is 0 Å². The third-order valence-electron chi connectivity index (χ3n) is 4.39. The van der Waals surface area contributed by atoms with Crippen LogP contribution in [0, 0.1) is 5.92 Å². The molecular weight excluding hydrogens is 288 g/mol. The lowest BCUT2D eigenvalue weighted by atomic mass is 9.99. The first kappa shape index (κ1) is 20.3. The molecule has 4 nitrogen and oxygen atoms in total. The van der Waals surface area contributed by atoms with Crippen LogP contribution < -0.4 is 10.6 Å². The number of carbonyl (C=O) groups excluding carboxylic acids is 1. The molecule has 0 bridgehead atoms. The molecule has 0 aromatic heterocycles. The van der Waals surface area contributed by atoms with Crippen LogP contribution in [0.15, 0.2) is 0 Å². The molecule has 1 aliphatic carbocycles. The number of ether oxygens (including phenoxy) is 1. The minimum absolute atomic E-state index is 0.175. The second-order valence-electron chi connectivity index (χ2n) is 8.54. The lowest BCUT2D eigenvalue weighted by Crippen LogP contribution is -2.52. The maximum Gasteiger partial charge on any atom is 0.407 e. The first-order chi connectivity index (χ1) is 10.7. The molecule has 0 aromatic rings. The summed E-state index contributed by atoms with van der Waals surface area (Å²) in [6, 6.07) is 1.02. The van der Waals surface area contributed by atoms with E-state index in [9.17, 15) is 4.79 Å². The van der Waals surface area contributed by atoms with Crippen LogP contribution >= 0.6 is 0 Å². The van der Waals surface area contributed by atoms with Crippen LogP contribution in [0.1, 0.15) is 86.5 Å². The predicted molar refractivity (Wildman–Crippen MR) is 96.7 cm³/mol. The average molecular weight is 327 g/mol. The van der Waals surface area contributed by atoms with Gasteiger partial charge in [-0.2, -0.15) is 0 Å². The highest BCUT2D eigenvalue weighted by Gasteiger charge is 2.28. The van der Waals surface area contributed by atoms with Gasteiger partial charge >= 0.3 is 6.09 Å². The van der Waals surface area contributed by atoms with Gasteiger partial charge in [0.1, 0.15) is 5.60 Å². The maximum atomic E-state index is 12.1. The van der Waals surface area contributed by atoms with E-state index in [4.69, 9.17) is 4.74 Å². The number of hydrogen-bond donors (Lipinski definition) is 2. The molecule has 1 saturated carbocycles. The van der Waals surface area contributed by atoms with Crippen molar-refractivity contribution in [1.29, 1.82) is 0 Å². The van der Waals surface area contributed by atoms with Crippen molar-refractivity contribution in [3.8, 4) is 0 Å². The van der Waals surface area contributed by atoms with Gasteiger partial charge in [0.2, 0.25) is 0 Å². The summed E-state index contributed by atoms with van der Waals surface area (Å²) in [5, 5.41) is 6.87. The molecule has 0 aliphatic heterocycles. The largest absolute Gasteiger partial charge is 0.444 e. The number of nitrogens with one attached hydrogen (secondary N) is 2. The van der Waals surface area contributed by atoms with Crippen molar-refractivity contribution in [3.63, 3.8) is 0 Å². The SMILES string of the molecule is CC(C)CCC(C)NC1CCCCCC1NC(=O)OC(C)(C)C. The minimum Gasteiger partial charge on any atom is -0.444 e. The summed E-state index contributed by atoms with van der Waals surface area (Å²) in [6.45, 7) is 12.5. The van der Waals surface area contributed by atoms with E-state index in [0.29, 0.717) is 12.1 Å². The van der Waals surface area contributed by atoms with Crippen LogP contribution in [0.3, 0.4) is 0 Å². The van der Waals surface area contributed by atoms with Gasteiger partial charge in [-0.15, -0.1) is 0 Å². The minimum atomic E-state index is -0.442. The first-order valence-electron chi connectivity index (χ1n) is 9.43. The van der Waals surface area contributed by atoms with Crippen molar-refractivity contribution >= 4 is 6.09 Å². The van der Waals surface area contributed by atoms with Crippen molar-refractivity contribution in [3.05, 3.63) is 0 Å². The summed E-state index contributed by atoms with van der Waals surface area (Å²) < 4.78 is 5.44. The molecular formula is C19H38N2O2. The molecule has 2 N–H and O–H groups in total. The predicted octanol–water partition coefficient (Wildman–Crippen LogP) is 4.63. The third-order valence-corrected chi connectivity index (χ3v) is 4.39. The second-order valence-corrected chi connectivity index (χ2v) is 8.54. The van der Waals surface area contributed by atoms with E-state index in [1.807, 2.05) is 20.8 Å². The van der Waals surface area contributed by atoms with Gasteiger partial charge in [0.05, 0.1) is 0 Å². The Morgan fingerprint density at radius 2 is 1.65 bits per heavy atom. The average Bonchev–Trinajstić information content (AvgIpc) is 2.60. The van der Waals surface area contributed by atoms with E-state index in [2.05, 4.69) is 31.4 Å². The molecule has 0 saturated heterocycles. The van der Waals surface area contributed by atoms with E-state index in [1.54, 1.807) is 0 Å². The standard InChI is InChI=1S/C19H38N2O2/c1-14(2)12-13-15(3)20-16-10-8-7-9-11-17(16)21-18(22)23-19(4,5)6/h14-17,20H,7-13H2,1-6H3,(H,21,22). The molecule has 23 heavy (non-hydrogen) atoms. The van der Waals surface area contributed by atoms with E-state index in [1.165, 1.54) is 32.1 Å².